The zero-order valence-corrected chi connectivity index (χ0v) is 21.4. The van der Waals surface area contributed by atoms with E-state index in [9.17, 15) is 19.2 Å². The zero-order valence-electron chi connectivity index (χ0n) is 18.2. The van der Waals surface area contributed by atoms with Gasteiger partial charge in [-0.25, -0.2) is 4.79 Å². The Hall–Kier alpha value is -2.32. The number of anilines is 1. The predicted molar refractivity (Wildman–Crippen MR) is 131 cm³/mol. The third-order valence-corrected chi connectivity index (χ3v) is 9.03. The van der Waals surface area contributed by atoms with Crippen molar-refractivity contribution in [2.75, 3.05) is 11.5 Å². The number of rotatable bonds is 5. The topological polar surface area (TPSA) is 80.8 Å². The fourth-order valence-electron chi connectivity index (χ4n) is 4.42. The quantitative estimate of drug-likeness (QED) is 0.222. The molecule has 1 saturated carbocycles. The third-order valence-electron chi connectivity index (χ3n) is 6.30. The van der Waals surface area contributed by atoms with Gasteiger partial charge in [-0.1, -0.05) is 49.6 Å². The monoisotopic (exact) mass is 575 g/mol. The fourth-order valence-corrected chi connectivity index (χ4v) is 5.66. The minimum atomic E-state index is -0.641. The van der Waals surface area contributed by atoms with Crippen LogP contribution in [0, 0.1) is 25.7 Å². The van der Waals surface area contributed by atoms with Crippen LogP contribution in [0.1, 0.15) is 44.7 Å². The van der Waals surface area contributed by atoms with Gasteiger partial charge in [0.15, 0.2) is 6.61 Å². The highest BCUT2D eigenvalue weighted by Gasteiger charge is 2.52. The van der Waals surface area contributed by atoms with Crippen molar-refractivity contribution in [2.45, 2.75) is 36.3 Å². The summed E-state index contributed by atoms with van der Waals surface area (Å²) in [6.07, 6.45) is 1.20. The molecule has 4 rings (SSSR count). The Kier molecular flexibility index (Phi) is 6.86. The Bertz CT molecular complexity index is 1100. The summed E-state index contributed by atoms with van der Waals surface area (Å²) in [6.45, 7) is 3.37. The summed E-state index contributed by atoms with van der Waals surface area (Å²) in [4.78, 5) is 52.2. The Morgan fingerprint density at radius 1 is 0.939 bits per heavy atom. The number of ether oxygens (including phenoxy) is 1. The largest absolute Gasteiger partial charge is 0.454 e. The summed E-state index contributed by atoms with van der Waals surface area (Å²) in [5.74, 6) is -2.00. The Balaban J connectivity index is 1.42. The number of carbonyl (C=O) groups excluding carboxylic acids is 4. The highest BCUT2D eigenvalue weighted by Crippen LogP contribution is 2.44. The summed E-state index contributed by atoms with van der Waals surface area (Å²) >= 11 is 7.16. The molecule has 2 fully saturated rings. The first kappa shape index (κ1) is 23.8. The molecule has 33 heavy (non-hydrogen) atoms. The van der Waals surface area contributed by atoms with Crippen LogP contribution >= 0.6 is 31.9 Å². The van der Waals surface area contributed by atoms with E-state index >= 15 is 0 Å². The highest BCUT2D eigenvalue weighted by atomic mass is 79.9. The number of halogens is 2. The summed E-state index contributed by atoms with van der Waals surface area (Å²) in [5, 5.41) is 0. The minimum absolute atomic E-state index is 0.138. The second-order valence-electron chi connectivity index (χ2n) is 8.59. The van der Waals surface area contributed by atoms with E-state index in [4.69, 9.17) is 4.74 Å². The predicted octanol–water partition coefficient (Wildman–Crippen LogP) is 4.77. The number of ketones is 1. The number of hydrogen-bond acceptors (Lipinski definition) is 5. The maximum absolute atomic E-state index is 12.9. The van der Waals surface area contributed by atoms with Crippen LogP contribution in [-0.4, -0.2) is 39.8 Å². The van der Waals surface area contributed by atoms with Crippen LogP contribution in [0.25, 0.3) is 0 Å². The lowest BCUT2D eigenvalue weighted by Gasteiger charge is -2.29. The molecule has 8 heteroatoms. The van der Waals surface area contributed by atoms with Crippen LogP contribution < -0.4 is 4.90 Å². The number of fused-ring (bicyclic) bond motifs is 1. The molecule has 0 unspecified atom stereocenters. The number of Topliss-reactive ketones (excluding diaryl/α,β-unsaturated/α-hetero) is 1. The molecule has 1 saturated heterocycles. The SMILES string of the molecule is Cc1ccc(C)c(C(=O)COC(=O)c2ccc(N3C(=O)[C@@H]4C[C@@H](Br)[C@@H](Br)C[C@H]4C3=O)cc2)c1. The van der Waals surface area contributed by atoms with Crippen LogP contribution in [-0.2, 0) is 14.3 Å². The van der Waals surface area contributed by atoms with Crippen molar-refractivity contribution in [2.24, 2.45) is 11.8 Å². The van der Waals surface area contributed by atoms with Crippen LogP contribution in [0.15, 0.2) is 42.5 Å². The standard InChI is InChI=1S/C25H23Br2NO5/c1-13-3-4-14(2)17(9-13)22(29)12-33-25(32)15-5-7-16(8-6-15)28-23(30)18-10-20(26)21(27)11-19(18)24(28)31/h3-9,18-21H,10-12H2,1-2H3/t18-,19-,20-,21+/m1/s1. The van der Waals surface area contributed by atoms with Gasteiger partial charge in [-0.2, -0.15) is 0 Å². The van der Waals surface area contributed by atoms with E-state index in [1.54, 1.807) is 18.2 Å². The van der Waals surface area contributed by atoms with Gasteiger partial charge in [-0.05, 0) is 62.6 Å². The van der Waals surface area contributed by atoms with Gasteiger partial charge in [0.05, 0.1) is 23.1 Å². The molecule has 0 bridgehead atoms. The zero-order chi connectivity index (χ0) is 23.9. The van der Waals surface area contributed by atoms with Gasteiger partial charge >= 0.3 is 5.97 Å². The molecule has 172 valence electrons. The summed E-state index contributed by atoms with van der Waals surface area (Å²) in [6, 6.07) is 11.7. The number of benzene rings is 2. The van der Waals surface area contributed by atoms with Gasteiger partial charge in [-0.15, -0.1) is 0 Å². The normalized spacial score (nSPS) is 24.5. The van der Waals surface area contributed by atoms with Crippen molar-refractivity contribution in [1.82, 2.24) is 0 Å². The molecule has 0 aromatic heterocycles. The molecule has 0 N–H and O–H groups in total. The lowest BCUT2D eigenvalue weighted by atomic mass is 9.81. The molecule has 4 atom stereocenters. The second-order valence-corrected chi connectivity index (χ2v) is 10.9. The average Bonchev–Trinajstić information content (AvgIpc) is 3.03. The van der Waals surface area contributed by atoms with Gasteiger partial charge < -0.3 is 4.74 Å². The molecule has 1 aliphatic carbocycles. The molecule has 1 heterocycles. The van der Waals surface area contributed by atoms with E-state index in [1.165, 1.54) is 17.0 Å². The van der Waals surface area contributed by atoms with Crippen molar-refractivity contribution < 1.29 is 23.9 Å². The number of alkyl halides is 2. The maximum atomic E-state index is 12.9. The molecule has 6 nitrogen and oxygen atoms in total. The number of esters is 1. The number of nitrogens with zero attached hydrogens (tertiary/aromatic N) is 1. The maximum Gasteiger partial charge on any atom is 0.338 e. The molecule has 2 amide bonds. The molecule has 2 aromatic carbocycles. The van der Waals surface area contributed by atoms with Crippen LogP contribution in [0.4, 0.5) is 5.69 Å². The van der Waals surface area contributed by atoms with Crippen molar-refractivity contribution >= 4 is 61.1 Å². The van der Waals surface area contributed by atoms with Gasteiger partial charge in [0.25, 0.3) is 0 Å². The first-order valence-corrected chi connectivity index (χ1v) is 12.5. The first-order chi connectivity index (χ1) is 15.7. The second kappa shape index (κ2) is 9.50. The first-order valence-electron chi connectivity index (χ1n) is 10.7. The van der Waals surface area contributed by atoms with Crippen LogP contribution in [0.2, 0.25) is 0 Å². The van der Waals surface area contributed by atoms with E-state index in [2.05, 4.69) is 31.9 Å². The Labute approximate surface area is 208 Å². The Morgan fingerprint density at radius 3 is 2.09 bits per heavy atom. The van der Waals surface area contributed by atoms with E-state index in [1.807, 2.05) is 26.0 Å². The van der Waals surface area contributed by atoms with Gasteiger partial charge in [0.1, 0.15) is 0 Å². The molecule has 0 radical (unpaired) electrons. The summed E-state index contributed by atoms with van der Waals surface area (Å²) in [7, 11) is 0. The van der Waals surface area contributed by atoms with E-state index in [0.717, 1.165) is 11.1 Å². The molecule has 2 aromatic rings. The average molecular weight is 577 g/mol. The number of amides is 2. The number of imide groups is 1. The van der Waals surface area contributed by atoms with Crippen LogP contribution in [0.3, 0.4) is 0 Å². The lowest BCUT2D eigenvalue weighted by Crippen LogP contribution is -2.34. The van der Waals surface area contributed by atoms with Gasteiger partial charge in [0, 0.05) is 15.2 Å². The molecule has 0 spiro atoms. The van der Waals surface area contributed by atoms with Crippen molar-refractivity contribution in [1.29, 1.82) is 0 Å². The smallest absolute Gasteiger partial charge is 0.338 e. The summed E-state index contributed by atoms with van der Waals surface area (Å²) < 4.78 is 5.20. The number of carbonyl (C=O) groups is 4. The van der Waals surface area contributed by atoms with Gasteiger partial charge in [-0.3, -0.25) is 19.3 Å². The van der Waals surface area contributed by atoms with E-state index in [0.29, 0.717) is 24.1 Å². The van der Waals surface area contributed by atoms with E-state index < -0.39 is 5.97 Å². The third kappa shape index (κ3) is 4.68. The van der Waals surface area contributed by atoms with Crippen molar-refractivity contribution in [3.8, 4) is 0 Å². The molecular weight excluding hydrogens is 554 g/mol. The van der Waals surface area contributed by atoms with Crippen LogP contribution in [0.5, 0.6) is 0 Å². The minimum Gasteiger partial charge on any atom is -0.454 e. The molecular formula is C25H23Br2NO5. The Morgan fingerprint density at radius 2 is 1.52 bits per heavy atom. The molecule has 1 aliphatic heterocycles. The summed E-state index contributed by atoms with van der Waals surface area (Å²) in [5.41, 5.74) is 2.98. The van der Waals surface area contributed by atoms with Crippen molar-refractivity contribution in [3.05, 3.63) is 64.7 Å². The number of aryl methyl sites for hydroxylation is 2. The van der Waals surface area contributed by atoms with E-state index in [-0.39, 0.29) is 51.3 Å². The highest BCUT2D eigenvalue weighted by molar-refractivity contribution is 9.12. The van der Waals surface area contributed by atoms with Gasteiger partial charge in [0.2, 0.25) is 17.6 Å². The number of hydrogen-bond donors (Lipinski definition) is 0. The van der Waals surface area contributed by atoms with Crippen molar-refractivity contribution in [3.63, 3.8) is 0 Å². The lowest BCUT2D eigenvalue weighted by molar-refractivity contribution is -0.122. The fraction of sp³-hybridized carbons (Fsp3) is 0.360. The molecule has 2 aliphatic rings.